The van der Waals surface area contributed by atoms with E-state index in [-0.39, 0.29) is 46.5 Å². The Hall–Kier alpha value is -4.51. The molecule has 0 amide bonds. The highest BCUT2D eigenvalue weighted by atomic mass is 16.6. The average molecular weight is 420 g/mol. The SMILES string of the molecule is CCOc1ccc2c(=O)c(N=Nc3nc(C#N)c(C#N)n3C(C)=O)c(OCC)oc2c1. The Balaban J connectivity index is 2.19. The van der Waals surface area contributed by atoms with Crippen LogP contribution in [0, 0.1) is 22.7 Å². The van der Waals surface area contributed by atoms with Gasteiger partial charge in [0.05, 0.1) is 18.6 Å². The molecule has 3 rings (SSSR count). The average Bonchev–Trinajstić information content (AvgIpc) is 3.11. The van der Waals surface area contributed by atoms with Crippen LogP contribution in [0.1, 0.15) is 37.0 Å². The third-order valence-corrected chi connectivity index (χ3v) is 4.02. The summed E-state index contributed by atoms with van der Waals surface area (Å²) in [5.41, 5.74) is -1.11. The van der Waals surface area contributed by atoms with Gasteiger partial charge in [-0.25, -0.2) is 4.57 Å². The molecule has 2 aromatic heterocycles. The van der Waals surface area contributed by atoms with Crippen molar-refractivity contribution in [3.8, 4) is 23.8 Å². The zero-order valence-corrected chi connectivity index (χ0v) is 16.9. The first kappa shape index (κ1) is 21.2. The molecule has 0 bridgehead atoms. The van der Waals surface area contributed by atoms with Crippen LogP contribution in [0.5, 0.6) is 11.7 Å². The van der Waals surface area contributed by atoms with Crippen LogP contribution in [0.25, 0.3) is 11.0 Å². The summed E-state index contributed by atoms with van der Waals surface area (Å²) < 4.78 is 17.3. The molecule has 0 spiro atoms. The van der Waals surface area contributed by atoms with E-state index in [9.17, 15) is 14.9 Å². The van der Waals surface area contributed by atoms with E-state index in [0.29, 0.717) is 12.4 Å². The summed E-state index contributed by atoms with van der Waals surface area (Å²) in [6, 6.07) is 8.16. The topological polar surface area (TPSA) is 156 Å². The van der Waals surface area contributed by atoms with E-state index < -0.39 is 11.3 Å². The summed E-state index contributed by atoms with van der Waals surface area (Å²) in [6.07, 6.45) is 0. The fourth-order valence-corrected chi connectivity index (χ4v) is 2.76. The summed E-state index contributed by atoms with van der Waals surface area (Å²) in [7, 11) is 0. The Labute approximate surface area is 175 Å². The van der Waals surface area contributed by atoms with Crippen molar-refractivity contribution in [2.75, 3.05) is 13.2 Å². The quantitative estimate of drug-likeness (QED) is 0.547. The normalized spacial score (nSPS) is 10.7. The van der Waals surface area contributed by atoms with E-state index in [4.69, 9.17) is 19.2 Å². The zero-order chi connectivity index (χ0) is 22.5. The van der Waals surface area contributed by atoms with Gasteiger partial charge in [-0.2, -0.15) is 15.5 Å². The third kappa shape index (κ3) is 3.97. The van der Waals surface area contributed by atoms with Gasteiger partial charge in [-0.15, -0.1) is 10.2 Å². The zero-order valence-electron chi connectivity index (χ0n) is 16.9. The van der Waals surface area contributed by atoms with Crippen molar-refractivity contribution in [2.45, 2.75) is 20.8 Å². The van der Waals surface area contributed by atoms with Gasteiger partial charge < -0.3 is 13.9 Å². The smallest absolute Gasteiger partial charge is 0.317 e. The van der Waals surface area contributed by atoms with Crippen LogP contribution in [-0.4, -0.2) is 28.7 Å². The standard InChI is InChI=1S/C20H16N6O5/c1-4-29-12-6-7-13-16(8-12)31-19(30-5-2)17(18(13)28)24-25-20-23-14(9-21)15(10-22)26(20)11(3)27/h6-8H,4-5H2,1-3H3. The fourth-order valence-electron chi connectivity index (χ4n) is 2.76. The number of imidazole rings is 1. The van der Waals surface area contributed by atoms with Crippen LogP contribution in [0.4, 0.5) is 11.6 Å². The first-order chi connectivity index (χ1) is 14.9. The van der Waals surface area contributed by atoms with Gasteiger partial charge in [-0.3, -0.25) is 9.59 Å². The van der Waals surface area contributed by atoms with Crippen molar-refractivity contribution in [3.63, 3.8) is 0 Å². The fraction of sp³-hybridized carbons (Fsp3) is 0.250. The number of rotatable bonds is 6. The molecular weight excluding hydrogens is 404 g/mol. The maximum Gasteiger partial charge on any atom is 0.317 e. The molecule has 3 aromatic rings. The molecule has 31 heavy (non-hydrogen) atoms. The number of carbonyl (C=O) groups excluding carboxylic acids is 1. The first-order valence-electron chi connectivity index (χ1n) is 9.17. The van der Waals surface area contributed by atoms with E-state index in [1.54, 1.807) is 31.2 Å². The second kappa shape index (κ2) is 8.88. The van der Waals surface area contributed by atoms with E-state index in [2.05, 4.69) is 15.2 Å². The van der Waals surface area contributed by atoms with Crippen molar-refractivity contribution in [3.05, 3.63) is 39.8 Å². The minimum absolute atomic E-state index is 0.181. The highest BCUT2D eigenvalue weighted by molar-refractivity contribution is 5.82. The van der Waals surface area contributed by atoms with Crippen LogP contribution in [-0.2, 0) is 0 Å². The molecule has 2 heterocycles. The van der Waals surface area contributed by atoms with Gasteiger partial charge in [-0.05, 0) is 26.0 Å². The summed E-state index contributed by atoms with van der Waals surface area (Å²) in [4.78, 5) is 28.8. The Morgan fingerprint density at radius 1 is 1.19 bits per heavy atom. The van der Waals surface area contributed by atoms with E-state index >= 15 is 0 Å². The van der Waals surface area contributed by atoms with Crippen LogP contribution in [0.3, 0.4) is 0 Å². The third-order valence-electron chi connectivity index (χ3n) is 4.02. The van der Waals surface area contributed by atoms with Gasteiger partial charge in [0.25, 0.3) is 5.95 Å². The largest absolute Gasteiger partial charge is 0.494 e. The molecular formula is C20H16N6O5. The van der Waals surface area contributed by atoms with Crippen molar-refractivity contribution < 1.29 is 18.7 Å². The van der Waals surface area contributed by atoms with E-state index in [0.717, 1.165) is 4.57 Å². The van der Waals surface area contributed by atoms with Crippen LogP contribution < -0.4 is 14.9 Å². The lowest BCUT2D eigenvalue weighted by Crippen LogP contribution is -2.08. The second-order valence-electron chi connectivity index (χ2n) is 5.98. The van der Waals surface area contributed by atoms with Gasteiger partial charge in [0.1, 0.15) is 23.5 Å². The summed E-state index contributed by atoms with van der Waals surface area (Å²) in [5.74, 6) is -0.585. The summed E-state index contributed by atoms with van der Waals surface area (Å²) in [5, 5.41) is 26.3. The van der Waals surface area contributed by atoms with Crippen LogP contribution in [0.2, 0.25) is 0 Å². The minimum Gasteiger partial charge on any atom is -0.494 e. The molecule has 1 aromatic carbocycles. The molecule has 0 aliphatic carbocycles. The molecule has 156 valence electrons. The van der Waals surface area contributed by atoms with Gasteiger partial charge in [-0.1, -0.05) is 0 Å². The summed E-state index contributed by atoms with van der Waals surface area (Å²) >= 11 is 0. The molecule has 0 unspecified atom stereocenters. The lowest BCUT2D eigenvalue weighted by molar-refractivity contribution is 0.0937. The predicted octanol–water partition coefficient (Wildman–Crippen LogP) is 3.61. The number of ether oxygens (including phenoxy) is 2. The number of benzene rings is 1. The molecule has 0 saturated heterocycles. The molecule has 0 aliphatic heterocycles. The number of nitriles is 2. The van der Waals surface area contributed by atoms with E-state index in [1.165, 1.54) is 13.0 Å². The number of nitrogens with zero attached hydrogens (tertiary/aromatic N) is 6. The lowest BCUT2D eigenvalue weighted by atomic mass is 10.2. The van der Waals surface area contributed by atoms with Gasteiger partial charge in [0.2, 0.25) is 17.0 Å². The Morgan fingerprint density at radius 2 is 1.94 bits per heavy atom. The molecule has 0 atom stereocenters. The predicted molar refractivity (Wildman–Crippen MR) is 107 cm³/mol. The maximum atomic E-state index is 13.0. The monoisotopic (exact) mass is 420 g/mol. The number of azo groups is 1. The lowest BCUT2D eigenvalue weighted by Gasteiger charge is -2.08. The number of hydrogen-bond donors (Lipinski definition) is 0. The van der Waals surface area contributed by atoms with Crippen molar-refractivity contribution >= 4 is 28.5 Å². The Kier molecular flexibility index (Phi) is 6.07. The van der Waals surface area contributed by atoms with Crippen LogP contribution >= 0.6 is 0 Å². The Morgan fingerprint density at radius 3 is 2.55 bits per heavy atom. The van der Waals surface area contributed by atoms with Crippen molar-refractivity contribution in [1.29, 1.82) is 10.5 Å². The molecule has 0 saturated carbocycles. The number of carbonyl (C=O) groups is 1. The second-order valence-corrected chi connectivity index (χ2v) is 5.98. The molecule has 0 radical (unpaired) electrons. The summed E-state index contributed by atoms with van der Waals surface area (Å²) in [6.45, 7) is 5.33. The molecule has 11 nitrogen and oxygen atoms in total. The number of aromatic nitrogens is 2. The Bertz CT molecular complexity index is 1340. The number of fused-ring (bicyclic) bond motifs is 1. The van der Waals surface area contributed by atoms with E-state index in [1.807, 2.05) is 6.92 Å². The molecule has 11 heteroatoms. The van der Waals surface area contributed by atoms with Crippen molar-refractivity contribution in [1.82, 2.24) is 9.55 Å². The highest BCUT2D eigenvalue weighted by Gasteiger charge is 2.21. The van der Waals surface area contributed by atoms with Crippen molar-refractivity contribution in [2.24, 2.45) is 10.2 Å². The number of hydrogen-bond acceptors (Lipinski definition) is 10. The molecule has 0 aliphatic rings. The minimum atomic E-state index is -0.599. The van der Waals surface area contributed by atoms with Gasteiger partial charge in [0, 0.05) is 13.0 Å². The van der Waals surface area contributed by atoms with Gasteiger partial charge >= 0.3 is 5.95 Å². The molecule has 0 fully saturated rings. The first-order valence-corrected chi connectivity index (χ1v) is 9.17. The maximum absolute atomic E-state index is 13.0. The molecule has 0 N–H and O–H groups in total. The van der Waals surface area contributed by atoms with Gasteiger partial charge in [0.15, 0.2) is 11.4 Å². The highest BCUT2D eigenvalue weighted by Crippen LogP contribution is 2.31. The van der Waals surface area contributed by atoms with Crippen LogP contribution in [0.15, 0.2) is 37.6 Å².